The molecule has 0 aromatic carbocycles. The van der Waals surface area contributed by atoms with E-state index in [0.717, 1.165) is 7.11 Å². The normalized spacial score (nSPS) is 11.7. The van der Waals surface area contributed by atoms with Gasteiger partial charge in [-0.3, -0.25) is 15.0 Å². The summed E-state index contributed by atoms with van der Waals surface area (Å²) in [5.74, 6) is -1.58. The molecule has 0 aliphatic rings. The molecule has 7 heteroatoms. The monoisotopic (exact) mass is 254 g/mol. The van der Waals surface area contributed by atoms with Crippen molar-refractivity contribution in [3.8, 4) is 0 Å². The summed E-state index contributed by atoms with van der Waals surface area (Å²) in [6.07, 6.45) is 1.41. The fourth-order valence-corrected chi connectivity index (χ4v) is 1.28. The summed E-state index contributed by atoms with van der Waals surface area (Å²) >= 11 is 0. The Balaban J connectivity index is 2.86. The van der Waals surface area contributed by atoms with Crippen molar-refractivity contribution in [3.05, 3.63) is 30.1 Å². The minimum atomic E-state index is -1.23. The first-order chi connectivity index (χ1) is 8.61. The predicted octanol–water partition coefficient (Wildman–Crippen LogP) is 0.101. The molecule has 0 spiro atoms. The van der Waals surface area contributed by atoms with Gasteiger partial charge in [0.15, 0.2) is 6.04 Å². The van der Waals surface area contributed by atoms with Crippen LogP contribution in [0.3, 0.4) is 0 Å². The van der Waals surface area contributed by atoms with Crippen LogP contribution in [0.25, 0.3) is 0 Å². The third kappa shape index (κ3) is 3.25. The molecule has 0 aliphatic carbocycles. The Morgan fingerprint density at radius 2 is 2.17 bits per heavy atom. The smallest absolute Gasteiger partial charge is 0.333 e. The predicted molar refractivity (Wildman–Crippen MR) is 59.9 cm³/mol. The molecule has 1 atom stereocenters. The van der Waals surface area contributed by atoms with Gasteiger partial charge in [0.2, 0.25) is 0 Å². The number of rotatable bonds is 5. The van der Waals surface area contributed by atoms with Crippen molar-refractivity contribution in [3.63, 3.8) is 0 Å². The Hall–Kier alpha value is -1.99. The van der Waals surface area contributed by atoms with Crippen molar-refractivity contribution in [1.82, 2.24) is 10.0 Å². The van der Waals surface area contributed by atoms with Crippen LogP contribution in [0.2, 0.25) is 0 Å². The molecule has 1 heterocycles. The van der Waals surface area contributed by atoms with Gasteiger partial charge in [-0.1, -0.05) is 6.07 Å². The summed E-state index contributed by atoms with van der Waals surface area (Å²) in [6, 6.07) is 3.42. The van der Waals surface area contributed by atoms with Crippen molar-refractivity contribution in [2.45, 2.75) is 6.04 Å². The number of ether oxygens (including phenoxy) is 2. The maximum absolute atomic E-state index is 11.8. The molecule has 1 amide bonds. The molecule has 1 aromatic rings. The lowest BCUT2D eigenvalue weighted by atomic mass is 10.2. The molecule has 0 saturated carbocycles. The van der Waals surface area contributed by atoms with E-state index in [0.29, 0.717) is 0 Å². The Bertz CT molecular complexity index is 409. The quantitative estimate of drug-likeness (QED) is 0.455. The molecule has 1 aromatic heterocycles. The van der Waals surface area contributed by atoms with Gasteiger partial charge in [0.05, 0.1) is 13.7 Å². The number of pyridine rings is 1. The second-order valence-electron chi connectivity index (χ2n) is 3.36. The first-order valence-electron chi connectivity index (χ1n) is 5.12. The summed E-state index contributed by atoms with van der Waals surface area (Å²) in [7, 11) is 2.50. The van der Waals surface area contributed by atoms with Gasteiger partial charge in [0.25, 0.3) is 5.91 Å². The van der Waals surface area contributed by atoms with Gasteiger partial charge in [-0.15, -0.1) is 0 Å². The highest BCUT2D eigenvalue weighted by Crippen LogP contribution is 2.06. The Kier molecular flexibility index (Phi) is 5.22. The lowest BCUT2D eigenvalue weighted by Gasteiger charge is -2.22. The molecule has 7 nitrogen and oxygen atoms in total. The molecule has 0 radical (unpaired) electrons. The fraction of sp³-hybridized carbons (Fsp3) is 0.364. The van der Waals surface area contributed by atoms with Crippen molar-refractivity contribution in [2.75, 3.05) is 20.8 Å². The summed E-state index contributed by atoms with van der Waals surface area (Å²) < 4.78 is 9.24. The van der Waals surface area contributed by atoms with Crippen LogP contribution in [-0.4, -0.2) is 54.0 Å². The molecule has 98 valence electrons. The van der Waals surface area contributed by atoms with E-state index in [1.807, 2.05) is 0 Å². The molecule has 1 unspecified atom stereocenters. The minimum Gasteiger partial charge on any atom is -0.467 e. The van der Waals surface area contributed by atoms with E-state index in [-0.39, 0.29) is 17.4 Å². The summed E-state index contributed by atoms with van der Waals surface area (Å²) in [5, 5.41) is 9.99. The molecule has 0 fully saturated rings. The zero-order valence-electron chi connectivity index (χ0n) is 10.1. The zero-order chi connectivity index (χ0) is 13.5. The number of methoxy groups -OCH3 is 2. The van der Waals surface area contributed by atoms with Crippen molar-refractivity contribution in [1.29, 1.82) is 0 Å². The van der Waals surface area contributed by atoms with E-state index in [2.05, 4.69) is 9.72 Å². The van der Waals surface area contributed by atoms with Gasteiger partial charge in [-0.05, 0) is 12.1 Å². The van der Waals surface area contributed by atoms with Crippen LogP contribution in [0.5, 0.6) is 0 Å². The summed E-state index contributed by atoms with van der Waals surface area (Å²) in [5.41, 5.74) is 0.0185. The number of hydrogen-bond acceptors (Lipinski definition) is 6. The molecular formula is C11H14N2O5. The second kappa shape index (κ2) is 6.67. The molecule has 0 saturated heterocycles. The maximum Gasteiger partial charge on any atom is 0.333 e. The van der Waals surface area contributed by atoms with Crippen molar-refractivity contribution < 1.29 is 24.3 Å². The highest BCUT2D eigenvalue weighted by atomic mass is 16.6. The summed E-state index contributed by atoms with van der Waals surface area (Å²) in [4.78, 5) is 27.0. The van der Waals surface area contributed by atoms with Gasteiger partial charge in [0, 0.05) is 13.3 Å². The average molecular weight is 254 g/mol. The Morgan fingerprint density at radius 1 is 1.44 bits per heavy atom. The number of aromatic nitrogens is 1. The highest BCUT2D eigenvalue weighted by molar-refractivity contribution is 5.94. The number of carbonyl (C=O) groups excluding carboxylic acids is 2. The van der Waals surface area contributed by atoms with Crippen molar-refractivity contribution in [2.24, 2.45) is 0 Å². The number of carbonyl (C=O) groups is 2. The molecule has 0 bridgehead atoms. The topological polar surface area (TPSA) is 89.0 Å². The minimum absolute atomic E-state index is 0.0185. The van der Waals surface area contributed by atoms with Crippen LogP contribution in [-0.2, 0) is 14.3 Å². The average Bonchev–Trinajstić information content (AvgIpc) is 2.43. The SMILES string of the molecule is COCC(C(=O)OC)N(O)C(=O)c1ccccn1. The molecule has 0 aliphatic heterocycles. The first kappa shape index (κ1) is 14.1. The van der Waals surface area contributed by atoms with Crippen LogP contribution in [0.1, 0.15) is 10.5 Å². The van der Waals surface area contributed by atoms with Crippen molar-refractivity contribution >= 4 is 11.9 Å². The first-order valence-corrected chi connectivity index (χ1v) is 5.12. The lowest BCUT2D eigenvalue weighted by Crippen LogP contribution is -2.46. The number of esters is 1. The van der Waals surface area contributed by atoms with E-state index in [1.54, 1.807) is 12.1 Å². The van der Waals surface area contributed by atoms with E-state index < -0.39 is 17.9 Å². The van der Waals surface area contributed by atoms with Gasteiger partial charge in [0.1, 0.15) is 5.69 Å². The van der Waals surface area contributed by atoms with Gasteiger partial charge < -0.3 is 9.47 Å². The third-order valence-electron chi connectivity index (χ3n) is 2.19. The van der Waals surface area contributed by atoms with Gasteiger partial charge >= 0.3 is 5.97 Å². The van der Waals surface area contributed by atoms with E-state index >= 15 is 0 Å². The number of hydroxylamine groups is 2. The number of amides is 1. The van der Waals surface area contributed by atoms with Crippen LogP contribution >= 0.6 is 0 Å². The fourth-order valence-electron chi connectivity index (χ4n) is 1.28. The third-order valence-corrected chi connectivity index (χ3v) is 2.19. The maximum atomic E-state index is 11.8. The molecule has 18 heavy (non-hydrogen) atoms. The van der Waals surface area contributed by atoms with Crippen LogP contribution < -0.4 is 0 Å². The Labute approximate surface area is 104 Å². The standard InChI is InChI=1S/C11H14N2O5/c1-17-7-9(11(15)18-2)13(16)10(14)8-5-3-4-6-12-8/h3-6,9,16H,7H2,1-2H3. The van der Waals surface area contributed by atoms with Crippen LogP contribution in [0, 0.1) is 0 Å². The highest BCUT2D eigenvalue weighted by Gasteiger charge is 2.31. The Morgan fingerprint density at radius 3 is 2.67 bits per heavy atom. The number of nitrogens with zero attached hydrogens (tertiary/aromatic N) is 2. The summed E-state index contributed by atoms with van der Waals surface area (Å²) in [6.45, 7) is -0.179. The zero-order valence-corrected chi connectivity index (χ0v) is 10.1. The largest absolute Gasteiger partial charge is 0.467 e. The molecular weight excluding hydrogens is 240 g/mol. The van der Waals surface area contributed by atoms with Gasteiger partial charge in [-0.25, -0.2) is 9.86 Å². The lowest BCUT2D eigenvalue weighted by molar-refractivity contribution is -0.165. The molecule has 1 N–H and O–H groups in total. The molecule has 1 rings (SSSR count). The van der Waals surface area contributed by atoms with Gasteiger partial charge in [-0.2, -0.15) is 0 Å². The van der Waals surface area contributed by atoms with Crippen LogP contribution in [0.4, 0.5) is 0 Å². The van der Waals surface area contributed by atoms with E-state index in [9.17, 15) is 14.8 Å². The number of hydrogen-bond donors (Lipinski definition) is 1. The van der Waals surface area contributed by atoms with Crippen LogP contribution in [0.15, 0.2) is 24.4 Å². The van der Waals surface area contributed by atoms with E-state index in [4.69, 9.17) is 4.74 Å². The van der Waals surface area contributed by atoms with E-state index in [1.165, 1.54) is 19.4 Å². The second-order valence-corrected chi connectivity index (χ2v) is 3.36.